The van der Waals surface area contributed by atoms with E-state index in [1.54, 1.807) is 0 Å². The molecule has 1 fully saturated rings. The van der Waals surface area contributed by atoms with Gasteiger partial charge in [0.15, 0.2) is 0 Å². The summed E-state index contributed by atoms with van der Waals surface area (Å²) in [6.45, 7) is 2.98. The minimum Gasteiger partial charge on any atom is -0.398 e. The van der Waals surface area contributed by atoms with Gasteiger partial charge in [0.2, 0.25) is 10.0 Å². The van der Waals surface area contributed by atoms with Gasteiger partial charge in [-0.3, -0.25) is 0 Å². The summed E-state index contributed by atoms with van der Waals surface area (Å²) in [5.41, 5.74) is 5.38. The van der Waals surface area contributed by atoms with Crippen molar-refractivity contribution in [2.75, 3.05) is 18.9 Å². The average molecular weight is 305 g/mol. The molecule has 0 atom stereocenters. The first-order chi connectivity index (χ1) is 8.82. The molecule has 106 valence electrons. The second-order valence-corrected chi connectivity index (χ2v) is 7.05. The van der Waals surface area contributed by atoms with Crippen molar-refractivity contribution >= 4 is 27.3 Å². The molecule has 2 rings (SSSR count). The number of halogens is 1. The molecule has 1 saturated heterocycles. The zero-order chi connectivity index (χ0) is 14.1. The normalized spacial score (nSPS) is 19.3. The smallest absolute Gasteiger partial charge is 0.243 e. The Balaban J connectivity index is 2.27. The van der Waals surface area contributed by atoms with Crippen molar-refractivity contribution in [2.45, 2.75) is 30.2 Å². The van der Waals surface area contributed by atoms with Crippen molar-refractivity contribution in [2.24, 2.45) is 0 Å². The number of sulfonamides is 1. The quantitative estimate of drug-likeness (QED) is 0.834. The van der Waals surface area contributed by atoms with Crippen LogP contribution < -0.4 is 10.5 Å². The van der Waals surface area contributed by atoms with Gasteiger partial charge in [-0.2, -0.15) is 0 Å². The van der Waals surface area contributed by atoms with Crippen molar-refractivity contribution in [1.29, 1.82) is 0 Å². The number of benzene rings is 1. The number of hydrogen-bond donors (Lipinski definition) is 2. The van der Waals surface area contributed by atoms with Crippen molar-refractivity contribution in [3.05, 3.63) is 23.2 Å². The average Bonchev–Trinajstić information content (AvgIpc) is 2.27. The van der Waals surface area contributed by atoms with Crippen LogP contribution in [0.15, 0.2) is 23.1 Å². The summed E-state index contributed by atoms with van der Waals surface area (Å²) in [6.07, 6.45) is 1.28. The molecule has 0 aromatic heterocycles. The molecule has 0 unspecified atom stereocenters. The van der Waals surface area contributed by atoms with Gasteiger partial charge in [-0.1, -0.05) is 11.6 Å². The SMILES string of the molecule is CC1(NS(=O)(=O)c2ccc(Cl)cc2N)CCOCC1. The standard InChI is InChI=1S/C12H17ClN2O3S/c1-12(4-6-18-7-5-12)15-19(16,17)11-3-2-9(13)8-10(11)14/h2-3,8,15H,4-7,14H2,1H3. The first-order valence-electron chi connectivity index (χ1n) is 5.99. The van der Waals surface area contributed by atoms with Crippen LogP contribution in [0.3, 0.4) is 0 Å². The van der Waals surface area contributed by atoms with Crippen LogP contribution in [0.4, 0.5) is 5.69 Å². The number of nitrogen functional groups attached to an aromatic ring is 1. The summed E-state index contributed by atoms with van der Waals surface area (Å²) in [4.78, 5) is 0.0598. The Kier molecular flexibility index (Phi) is 4.06. The Bertz CT molecular complexity index is 568. The highest BCUT2D eigenvalue weighted by Gasteiger charge is 2.33. The lowest BCUT2D eigenvalue weighted by atomic mass is 9.94. The van der Waals surface area contributed by atoms with Gasteiger partial charge < -0.3 is 10.5 Å². The summed E-state index contributed by atoms with van der Waals surface area (Å²) >= 11 is 5.77. The number of anilines is 1. The van der Waals surface area contributed by atoms with E-state index < -0.39 is 15.6 Å². The van der Waals surface area contributed by atoms with Gasteiger partial charge in [0, 0.05) is 23.8 Å². The van der Waals surface area contributed by atoms with E-state index in [0.29, 0.717) is 31.1 Å². The van der Waals surface area contributed by atoms with E-state index in [1.165, 1.54) is 18.2 Å². The molecule has 1 aliphatic heterocycles. The zero-order valence-electron chi connectivity index (χ0n) is 10.6. The zero-order valence-corrected chi connectivity index (χ0v) is 12.2. The molecule has 1 heterocycles. The third-order valence-corrected chi connectivity index (χ3v) is 5.19. The van der Waals surface area contributed by atoms with E-state index in [4.69, 9.17) is 22.1 Å². The highest BCUT2D eigenvalue weighted by atomic mass is 35.5. The summed E-state index contributed by atoms with van der Waals surface area (Å²) < 4.78 is 32.7. The molecule has 0 radical (unpaired) electrons. The fourth-order valence-electron chi connectivity index (χ4n) is 2.07. The van der Waals surface area contributed by atoms with Crippen molar-refractivity contribution < 1.29 is 13.2 Å². The van der Waals surface area contributed by atoms with Crippen LogP contribution in [0.2, 0.25) is 5.02 Å². The molecule has 1 aromatic rings. The summed E-state index contributed by atoms with van der Waals surface area (Å²) in [6, 6.07) is 4.36. The minimum absolute atomic E-state index is 0.0598. The fraction of sp³-hybridized carbons (Fsp3) is 0.500. The van der Waals surface area contributed by atoms with Crippen LogP contribution in [-0.4, -0.2) is 27.2 Å². The van der Waals surface area contributed by atoms with Gasteiger partial charge in [-0.25, -0.2) is 13.1 Å². The third-order valence-electron chi connectivity index (χ3n) is 3.24. The number of ether oxygens (including phenoxy) is 1. The second-order valence-electron chi connectivity index (χ2n) is 4.96. The van der Waals surface area contributed by atoms with Crippen molar-refractivity contribution in [3.8, 4) is 0 Å². The topological polar surface area (TPSA) is 81.4 Å². The molecule has 7 heteroatoms. The monoisotopic (exact) mass is 304 g/mol. The van der Waals surface area contributed by atoms with Gasteiger partial charge in [-0.15, -0.1) is 0 Å². The molecular formula is C12H17ClN2O3S. The Morgan fingerprint density at radius 2 is 2.00 bits per heavy atom. The van der Waals surface area contributed by atoms with Crippen molar-refractivity contribution in [1.82, 2.24) is 4.72 Å². The van der Waals surface area contributed by atoms with E-state index >= 15 is 0 Å². The molecule has 0 spiro atoms. The summed E-state index contributed by atoms with van der Waals surface area (Å²) in [7, 11) is -3.65. The van der Waals surface area contributed by atoms with E-state index in [2.05, 4.69) is 4.72 Å². The lowest BCUT2D eigenvalue weighted by Crippen LogP contribution is -2.49. The van der Waals surface area contributed by atoms with Crippen LogP contribution in [0.25, 0.3) is 0 Å². The lowest BCUT2D eigenvalue weighted by Gasteiger charge is -2.34. The summed E-state index contributed by atoms with van der Waals surface area (Å²) in [5, 5.41) is 0.411. The molecule has 0 bridgehead atoms. The van der Waals surface area contributed by atoms with Crippen molar-refractivity contribution in [3.63, 3.8) is 0 Å². The molecule has 1 aromatic carbocycles. The molecule has 3 N–H and O–H groups in total. The van der Waals surface area contributed by atoms with Crippen LogP contribution in [-0.2, 0) is 14.8 Å². The number of nitrogens with one attached hydrogen (secondary N) is 1. The second kappa shape index (κ2) is 5.28. The molecular weight excluding hydrogens is 288 g/mol. The maximum atomic E-state index is 12.4. The van der Waals surface area contributed by atoms with Gasteiger partial charge >= 0.3 is 0 Å². The number of hydrogen-bond acceptors (Lipinski definition) is 4. The minimum atomic E-state index is -3.65. The summed E-state index contributed by atoms with van der Waals surface area (Å²) in [5.74, 6) is 0. The van der Waals surface area contributed by atoms with Crippen LogP contribution in [0.1, 0.15) is 19.8 Å². The Morgan fingerprint density at radius 1 is 1.37 bits per heavy atom. The Labute approximate surface area is 118 Å². The van der Waals surface area contributed by atoms with Crippen LogP contribution in [0.5, 0.6) is 0 Å². The molecule has 19 heavy (non-hydrogen) atoms. The van der Waals surface area contributed by atoms with Gasteiger partial charge in [-0.05, 0) is 38.0 Å². The maximum Gasteiger partial charge on any atom is 0.243 e. The van der Waals surface area contributed by atoms with E-state index in [9.17, 15) is 8.42 Å². The largest absolute Gasteiger partial charge is 0.398 e. The first-order valence-corrected chi connectivity index (χ1v) is 7.85. The van der Waals surface area contributed by atoms with E-state index in [0.717, 1.165) is 0 Å². The first kappa shape index (κ1) is 14.6. The molecule has 0 amide bonds. The lowest BCUT2D eigenvalue weighted by molar-refractivity contribution is 0.0537. The van der Waals surface area contributed by atoms with E-state index in [1.807, 2.05) is 6.92 Å². The number of nitrogens with two attached hydrogens (primary N) is 1. The van der Waals surface area contributed by atoms with Gasteiger partial charge in [0.05, 0.1) is 5.69 Å². The van der Waals surface area contributed by atoms with Gasteiger partial charge in [0.25, 0.3) is 0 Å². The van der Waals surface area contributed by atoms with Crippen LogP contribution in [0, 0.1) is 0 Å². The third kappa shape index (κ3) is 3.39. The Hall–Kier alpha value is -0.820. The maximum absolute atomic E-state index is 12.4. The molecule has 0 saturated carbocycles. The van der Waals surface area contributed by atoms with Crippen LogP contribution >= 0.6 is 11.6 Å². The predicted octanol–water partition coefficient (Wildman–Crippen LogP) is 1.77. The Morgan fingerprint density at radius 3 is 2.58 bits per heavy atom. The highest BCUT2D eigenvalue weighted by Crippen LogP contribution is 2.26. The fourth-order valence-corrected chi connectivity index (χ4v) is 3.83. The molecule has 1 aliphatic rings. The molecule has 5 nitrogen and oxygen atoms in total. The molecule has 0 aliphatic carbocycles. The highest BCUT2D eigenvalue weighted by molar-refractivity contribution is 7.89. The van der Waals surface area contributed by atoms with E-state index in [-0.39, 0.29) is 10.6 Å². The predicted molar refractivity (Wildman–Crippen MR) is 74.6 cm³/mol. The number of rotatable bonds is 3. The van der Waals surface area contributed by atoms with Gasteiger partial charge in [0.1, 0.15) is 4.90 Å².